The van der Waals surface area contributed by atoms with Crippen LogP contribution < -0.4 is 0 Å². The van der Waals surface area contributed by atoms with Gasteiger partial charge in [0.2, 0.25) is 0 Å². The van der Waals surface area contributed by atoms with Crippen LogP contribution in [0, 0.1) is 0 Å². The van der Waals surface area contributed by atoms with Crippen LogP contribution in [0.15, 0.2) is 30.0 Å². The van der Waals surface area contributed by atoms with Crippen molar-refractivity contribution in [1.29, 1.82) is 0 Å². The van der Waals surface area contributed by atoms with Crippen molar-refractivity contribution in [1.82, 2.24) is 0 Å². The fraction of sp³-hybridized carbons (Fsp3) is 0.308. The molecule has 1 aromatic rings. The fourth-order valence-corrected chi connectivity index (χ4v) is 1.99. The molecular formula is C13H13ClO3. The molecule has 0 bridgehead atoms. The normalized spacial score (nSPS) is 24.1. The van der Waals surface area contributed by atoms with E-state index >= 15 is 0 Å². The molecule has 0 saturated carbocycles. The summed E-state index contributed by atoms with van der Waals surface area (Å²) in [6.45, 7) is 3.54. The minimum atomic E-state index is -0.922. The number of esters is 1. The molecule has 17 heavy (non-hydrogen) atoms. The van der Waals surface area contributed by atoms with Crippen LogP contribution in [0.2, 0.25) is 5.02 Å². The first kappa shape index (κ1) is 12.0. The van der Waals surface area contributed by atoms with Crippen LogP contribution >= 0.6 is 11.6 Å². The lowest BCUT2D eigenvalue weighted by molar-refractivity contribution is -0.145. The summed E-state index contributed by atoms with van der Waals surface area (Å²) < 4.78 is 5.21. The molecular weight excluding hydrogens is 240 g/mol. The lowest BCUT2D eigenvalue weighted by Crippen LogP contribution is -2.26. The van der Waals surface area contributed by atoms with Gasteiger partial charge < -0.3 is 9.84 Å². The van der Waals surface area contributed by atoms with Crippen LogP contribution in [-0.2, 0) is 9.53 Å². The van der Waals surface area contributed by atoms with Gasteiger partial charge in [-0.3, -0.25) is 0 Å². The second-order valence-corrected chi connectivity index (χ2v) is 4.64. The van der Waals surface area contributed by atoms with Crippen molar-refractivity contribution in [2.45, 2.75) is 25.9 Å². The average Bonchev–Trinajstić information content (AvgIpc) is 2.50. The largest absolute Gasteiger partial charge is 0.507 e. The van der Waals surface area contributed by atoms with Crippen LogP contribution in [-0.4, -0.2) is 16.7 Å². The predicted molar refractivity (Wildman–Crippen MR) is 65.8 cm³/mol. The highest BCUT2D eigenvalue weighted by molar-refractivity contribution is 6.31. The number of rotatable bonds is 2. The molecule has 1 N–H and O–H groups in total. The van der Waals surface area contributed by atoms with E-state index in [2.05, 4.69) is 0 Å². The van der Waals surface area contributed by atoms with E-state index in [1.807, 2.05) is 6.92 Å². The molecule has 1 aliphatic rings. The number of ether oxygens (including phenoxy) is 1. The van der Waals surface area contributed by atoms with Gasteiger partial charge in [-0.05, 0) is 31.0 Å². The van der Waals surface area contributed by atoms with Gasteiger partial charge in [0, 0.05) is 5.02 Å². The Hall–Kier alpha value is -1.48. The van der Waals surface area contributed by atoms with Crippen molar-refractivity contribution >= 4 is 23.1 Å². The third-order valence-electron chi connectivity index (χ3n) is 3.05. The summed E-state index contributed by atoms with van der Waals surface area (Å²) in [6.07, 6.45) is 0.522. The standard InChI is InChI=1S/C13H13ClO3/c1-3-13(2)11(15)10(12(16)17-13)8-5-4-6-9(14)7-8/h4-7,15H,3H2,1-2H3. The molecule has 2 rings (SSSR count). The van der Waals surface area contributed by atoms with E-state index in [1.54, 1.807) is 31.2 Å². The molecule has 1 unspecified atom stereocenters. The van der Waals surface area contributed by atoms with Crippen molar-refractivity contribution in [3.8, 4) is 0 Å². The lowest BCUT2D eigenvalue weighted by atomic mass is 9.96. The first-order valence-electron chi connectivity index (χ1n) is 5.41. The summed E-state index contributed by atoms with van der Waals surface area (Å²) in [5, 5.41) is 10.6. The van der Waals surface area contributed by atoms with E-state index in [0.717, 1.165) is 0 Å². The molecule has 1 aliphatic heterocycles. The Kier molecular flexibility index (Phi) is 2.87. The Morgan fingerprint density at radius 1 is 1.47 bits per heavy atom. The smallest absolute Gasteiger partial charge is 0.343 e. The summed E-state index contributed by atoms with van der Waals surface area (Å²) in [7, 11) is 0. The molecule has 90 valence electrons. The van der Waals surface area contributed by atoms with Gasteiger partial charge in [0.15, 0.2) is 11.4 Å². The van der Waals surface area contributed by atoms with Gasteiger partial charge in [0.1, 0.15) is 5.57 Å². The molecule has 0 radical (unpaired) electrons. The fourth-order valence-electron chi connectivity index (χ4n) is 1.80. The van der Waals surface area contributed by atoms with E-state index in [1.165, 1.54) is 0 Å². The molecule has 3 nitrogen and oxygen atoms in total. The number of aliphatic hydroxyl groups excluding tert-OH is 1. The summed E-state index contributed by atoms with van der Waals surface area (Å²) in [6, 6.07) is 6.80. The first-order chi connectivity index (χ1) is 7.98. The highest BCUT2D eigenvalue weighted by atomic mass is 35.5. The van der Waals surface area contributed by atoms with Crippen LogP contribution in [0.25, 0.3) is 5.57 Å². The predicted octanol–water partition coefficient (Wildman–Crippen LogP) is 3.33. The summed E-state index contributed by atoms with van der Waals surface area (Å²) in [5.41, 5.74) is -0.136. The van der Waals surface area contributed by atoms with Gasteiger partial charge in [-0.1, -0.05) is 30.7 Å². The highest BCUT2D eigenvalue weighted by Crippen LogP contribution is 2.38. The maximum absolute atomic E-state index is 11.8. The second-order valence-electron chi connectivity index (χ2n) is 4.21. The monoisotopic (exact) mass is 252 g/mol. The van der Waals surface area contributed by atoms with Crippen molar-refractivity contribution in [3.63, 3.8) is 0 Å². The number of hydrogen-bond acceptors (Lipinski definition) is 3. The maximum Gasteiger partial charge on any atom is 0.343 e. The van der Waals surface area contributed by atoms with E-state index in [4.69, 9.17) is 16.3 Å². The summed E-state index contributed by atoms with van der Waals surface area (Å²) in [5.74, 6) is -0.526. The number of hydrogen-bond donors (Lipinski definition) is 1. The zero-order valence-corrected chi connectivity index (χ0v) is 10.4. The van der Waals surface area contributed by atoms with Gasteiger partial charge in [-0.25, -0.2) is 4.79 Å². The molecule has 0 spiro atoms. The molecule has 1 aromatic carbocycles. The number of carbonyl (C=O) groups is 1. The van der Waals surface area contributed by atoms with Crippen LogP contribution in [0.4, 0.5) is 0 Å². The maximum atomic E-state index is 11.8. The number of halogens is 1. The van der Waals surface area contributed by atoms with E-state index < -0.39 is 11.6 Å². The van der Waals surface area contributed by atoms with Crippen molar-refractivity contribution < 1.29 is 14.6 Å². The number of cyclic esters (lactones) is 1. The van der Waals surface area contributed by atoms with Gasteiger partial charge in [0.05, 0.1) is 0 Å². The minimum Gasteiger partial charge on any atom is -0.507 e. The van der Waals surface area contributed by atoms with Crippen molar-refractivity contribution in [2.24, 2.45) is 0 Å². The Balaban J connectivity index is 2.55. The SMILES string of the molecule is CCC1(C)OC(=O)C(c2cccc(Cl)c2)=C1O. The minimum absolute atomic E-state index is 0.0210. The van der Waals surface area contributed by atoms with E-state index in [9.17, 15) is 9.90 Å². The van der Waals surface area contributed by atoms with Crippen LogP contribution in [0.1, 0.15) is 25.8 Å². The topological polar surface area (TPSA) is 46.5 Å². The Bertz CT molecular complexity index is 507. The third-order valence-corrected chi connectivity index (χ3v) is 3.28. The highest BCUT2D eigenvalue weighted by Gasteiger charge is 2.43. The third kappa shape index (κ3) is 1.91. The number of aliphatic hydroxyl groups is 1. The Morgan fingerprint density at radius 3 is 2.71 bits per heavy atom. The van der Waals surface area contributed by atoms with Gasteiger partial charge in [0.25, 0.3) is 0 Å². The van der Waals surface area contributed by atoms with E-state index in [0.29, 0.717) is 17.0 Å². The van der Waals surface area contributed by atoms with E-state index in [-0.39, 0.29) is 11.3 Å². The Morgan fingerprint density at radius 2 is 2.18 bits per heavy atom. The zero-order valence-electron chi connectivity index (χ0n) is 9.66. The zero-order chi connectivity index (χ0) is 12.6. The Labute approximate surface area is 105 Å². The number of carbonyl (C=O) groups excluding carboxylic acids is 1. The quantitative estimate of drug-likeness (QED) is 0.822. The van der Waals surface area contributed by atoms with Gasteiger partial charge >= 0.3 is 5.97 Å². The molecule has 0 amide bonds. The molecule has 0 aromatic heterocycles. The van der Waals surface area contributed by atoms with Gasteiger partial charge in [-0.2, -0.15) is 0 Å². The molecule has 0 fully saturated rings. The first-order valence-corrected chi connectivity index (χ1v) is 5.78. The molecule has 0 aliphatic carbocycles. The van der Waals surface area contributed by atoms with Crippen molar-refractivity contribution in [2.75, 3.05) is 0 Å². The molecule has 0 saturated heterocycles. The van der Waals surface area contributed by atoms with Crippen molar-refractivity contribution in [3.05, 3.63) is 40.6 Å². The lowest BCUT2D eigenvalue weighted by Gasteiger charge is -2.20. The average molecular weight is 253 g/mol. The summed E-state index contributed by atoms with van der Waals surface area (Å²) >= 11 is 5.87. The van der Waals surface area contributed by atoms with Crippen LogP contribution in [0.5, 0.6) is 0 Å². The second kappa shape index (κ2) is 4.08. The molecule has 1 atom stereocenters. The van der Waals surface area contributed by atoms with Crippen LogP contribution in [0.3, 0.4) is 0 Å². The number of benzene rings is 1. The summed E-state index contributed by atoms with van der Waals surface area (Å²) in [4.78, 5) is 11.8. The van der Waals surface area contributed by atoms with Gasteiger partial charge in [-0.15, -0.1) is 0 Å². The molecule has 1 heterocycles. The molecule has 4 heteroatoms.